The number of fused-ring (bicyclic) bond motifs is 1. The topological polar surface area (TPSA) is 38.6 Å². The van der Waals surface area contributed by atoms with Gasteiger partial charge < -0.3 is 10.1 Å². The Morgan fingerprint density at radius 2 is 2.14 bits per heavy atom. The summed E-state index contributed by atoms with van der Waals surface area (Å²) in [7, 11) is 1.66. The van der Waals surface area contributed by atoms with Crippen LogP contribution < -0.4 is 10.1 Å². The summed E-state index contributed by atoms with van der Waals surface area (Å²) < 4.78 is 9.36. The van der Waals surface area contributed by atoms with Crippen molar-refractivity contribution >= 4 is 53.8 Å². The molecule has 0 aliphatic rings. The molecular formula is C14H13Br2N3OS. The van der Waals surface area contributed by atoms with Gasteiger partial charge in [0.25, 0.3) is 0 Å². The maximum absolute atomic E-state index is 5.34. The summed E-state index contributed by atoms with van der Waals surface area (Å²) in [5.41, 5.74) is 3.20. The summed E-state index contributed by atoms with van der Waals surface area (Å²) in [6.07, 6.45) is 2.05. The van der Waals surface area contributed by atoms with Crippen LogP contribution in [-0.2, 0) is 6.54 Å². The van der Waals surface area contributed by atoms with Gasteiger partial charge in [-0.05, 0) is 44.8 Å². The molecule has 2 aromatic heterocycles. The molecule has 0 unspecified atom stereocenters. The van der Waals surface area contributed by atoms with Crippen molar-refractivity contribution in [1.82, 2.24) is 9.38 Å². The molecule has 3 rings (SSSR count). The number of hydrogen-bond acceptors (Lipinski definition) is 4. The molecule has 0 spiro atoms. The molecule has 1 N–H and O–H groups in total. The molecule has 7 heteroatoms. The number of rotatable bonds is 4. The number of aromatic nitrogens is 2. The fourth-order valence-electron chi connectivity index (χ4n) is 2.15. The molecule has 0 aliphatic carbocycles. The van der Waals surface area contributed by atoms with Crippen molar-refractivity contribution in [3.8, 4) is 5.75 Å². The Balaban J connectivity index is 1.88. The van der Waals surface area contributed by atoms with E-state index in [2.05, 4.69) is 46.6 Å². The molecular weight excluding hydrogens is 418 g/mol. The number of imidazole rings is 1. The van der Waals surface area contributed by atoms with E-state index in [-0.39, 0.29) is 0 Å². The van der Waals surface area contributed by atoms with Crippen LogP contribution in [0, 0.1) is 6.92 Å². The summed E-state index contributed by atoms with van der Waals surface area (Å²) in [4.78, 5) is 5.58. The Labute approximate surface area is 143 Å². The van der Waals surface area contributed by atoms with Crippen LogP contribution in [0.15, 0.2) is 32.7 Å². The number of ether oxygens (including phenoxy) is 1. The molecule has 2 heterocycles. The highest BCUT2D eigenvalue weighted by Crippen LogP contribution is 2.34. The van der Waals surface area contributed by atoms with E-state index in [0.717, 1.165) is 31.0 Å². The van der Waals surface area contributed by atoms with Gasteiger partial charge in [-0.3, -0.25) is 4.40 Å². The number of hydrogen-bond donors (Lipinski definition) is 1. The van der Waals surface area contributed by atoms with E-state index >= 15 is 0 Å². The molecule has 0 aliphatic heterocycles. The molecule has 0 saturated carbocycles. The van der Waals surface area contributed by atoms with Gasteiger partial charge in [0.05, 0.1) is 35.2 Å². The lowest BCUT2D eigenvalue weighted by molar-refractivity contribution is 0.412. The second-order valence-corrected chi connectivity index (χ2v) is 7.10. The zero-order valence-electron chi connectivity index (χ0n) is 11.5. The molecule has 0 radical (unpaired) electrons. The minimum atomic E-state index is 0.702. The summed E-state index contributed by atoms with van der Waals surface area (Å²) in [5.74, 6) is 0.798. The SMILES string of the molecule is COc1cc(NCc2c(C)nc3sccn23)c(Br)cc1Br. The Bertz CT molecular complexity index is 797. The zero-order valence-corrected chi connectivity index (χ0v) is 15.5. The maximum Gasteiger partial charge on any atom is 0.194 e. The number of anilines is 1. The first-order valence-electron chi connectivity index (χ1n) is 6.28. The highest BCUT2D eigenvalue weighted by Gasteiger charge is 2.11. The van der Waals surface area contributed by atoms with Crippen molar-refractivity contribution in [2.24, 2.45) is 0 Å². The number of nitrogens with zero attached hydrogens (tertiary/aromatic N) is 2. The molecule has 110 valence electrons. The third-order valence-electron chi connectivity index (χ3n) is 3.25. The Hall–Kier alpha value is -1.05. The van der Waals surface area contributed by atoms with Crippen molar-refractivity contribution in [2.45, 2.75) is 13.5 Å². The molecule has 0 amide bonds. The van der Waals surface area contributed by atoms with E-state index in [1.165, 1.54) is 5.69 Å². The van der Waals surface area contributed by atoms with Gasteiger partial charge in [-0.1, -0.05) is 0 Å². The van der Waals surface area contributed by atoms with E-state index in [0.29, 0.717) is 6.54 Å². The smallest absolute Gasteiger partial charge is 0.194 e. The molecule has 4 nitrogen and oxygen atoms in total. The molecule has 0 saturated heterocycles. The minimum absolute atomic E-state index is 0.702. The predicted octanol–water partition coefficient (Wildman–Crippen LogP) is 4.85. The molecule has 21 heavy (non-hydrogen) atoms. The molecule has 0 fully saturated rings. The van der Waals surface area contributed by atoms with Gasteiger partial charge in [-0.25, -0.2) is 4.98 Å². The monoisotopic (exact) mass is 429 g/mol. The normalized spacial score (nSPS) is 11.0. The Morgan fingerprint density at radius 1 is 1.33 bits per heavy atom. The average Bonchev–Trinajstić information content (AvgIpc) is 2.99. The van der Waals surface area contributed by atoms with Crippen LogP contribution in [0.1, 0.15) is 11.4 Å². The summed E-state index contributed by atoms with van der Waals surface area (Å²) in [5, 5.41) is 5.48. The number of benzene rings is 1. The van der Waals surface area contributed by atoms with Crippen molar-refractivity contribution < 1.29 is 4.74 Å². The van der Waals surface area contributed by atoms with Crippen LogP contribution in [0.2, 0.25) is 0 Å². The van der Waals surface area contributed by atoms with Crippen LogP contribution >= 0.6 is 43.2 Å². The second-order valence-electron chi connectivity index (χ2n) is 4.52. The third-order valence-corrected chi connectivity index (χ3v) is 5.28. The quantitative estimate of drug-likeness (QED) is 0.642. The van der Waals surface area contributed by atoms with Gasteiger partial charge in [0.1, 0.15) is 5.75 Å². The fourth-order valence-corrected chi connectivity index (χ4v) is 4.23. The van der Waals surface area contributed by atoms with Crippen LogP contribution in [0.25, 0.3) is 4.96 Å². The summed E-state index contributed by atoms with van der Waals surface area (Å²) >= 11 is 8.69. The maximum atomic E-state index is 5.34. The molecule has 0 atom stereocenters. The van der Waals surface area contributed by atoms with Gasteiger partial charge in [0.15, 0.2) is 4.96 Å². The van der Waals surface area contributed by atoms with Crippen molar-refractivity contribution in [1.29, 1.82) is 0 Å². The van der Waals surface area contributed by atoms with E-state index in [1.54, 1.807) is 18.4 Å². The van der Waals surface area contributed by atoms with Crippen molar-refractivity contribution in [2.75, 3.05) is 12.4 Å². The lowest BCUT2D eigenvalue weighted by atomic mass is 10.2. The number of thiazole rings is 1. The largest absolute Gasteiger partial charge is 0.495 e. The third kappa shape index (κ3) is 2.82. The van der Waals surface area contributed by atoms with Crippen LogP contribution in [-0.4, -0.2) is 16.5 Å². The second kappa shape index (κ2) is 5.98. The number of nitrogens with one attached hydrogen (secondary N) is 1. The van der Waals surface area contributed by atoms with E-state index in [4.69, 9.17) is 4.74 Å². The van der Waals surface area contributed by atoms with Crippen LogP contribution in [0.4, 0.5) is 5.69 Å². The van der Waals surface area contributed by atoms with E-state index < -0.39 is 0 Å². The average molecular weight is 431 g/mol. The number of halogens is 2. The first kappa shape index (κ1) is 14.9. The van der Waals surface area contributed by atoms with Gasteiger partial charge in [0.2, 0.25) is 0 Å². The number of aryl methyl sites for hydroxylation is 1. The standard InChI is InChI=1S/C14H13Br2N3OS/c1-8-12(19-3-4-21-14(19)18-8)7-17-11-6-13(20-2)10(16)5-9(11)15/h3-6,17H,7H2,1-2H3. The van der Waals surface area contributed by atoms with Gasteiger partial charge in [0, 0.05) is 22.1 Å². The predicted molar refractivity (Wildman–Crippen MR) is 93.5 cm³/mol. The van der Waals surface area contributed by atoms with Gasteiger partial charge in [-0.2, -0.15) is 0 Å². The van der Waals surface area contributed by atoms with Gasteiger partial charge >= 0.3 is 0 Å². The zero-order chi connectivity index (χ0) is 15.0. The van der Waals surface area contributed by atoms with E-state index in [9.17, 15) is 0 Å². The highest BCUT2D eigenvalue weighted by atomic mass is 79.9. The first-order chi connectivity index (χ1) is 10.1. The van der Waals surface area contributed by atoms with Crippen LogP contribution in [0.3, 0.4) is 0 Å². The first-order valence-corrected chi connectivity index (χ1v) is 8.74. The van der Waals surface area contributed by atoms with E-state index in [1.807, 2.05) is 30.6 Å². The minimum Gasteiger partial charge on any atom is -0.495 e. The van der Waals surface area contributed by atoms with Crippen molar-refractivity contribution in [3.05, 3.63) is 44.0 Å². The lowest BCUT2D eigenvalue weighted by Gasteiger charge is -2.12. The molecule has 3 aromatic rings. The lowest BCUT2D eigenvalue weighted by Crippen LogP contribution is -2.04. The Morgan fingerprint density at radius 3 is 2.90 bits per heavy atom. The number of methoxy groups -OCH3 is 1. The van der Waals surface area contributed by atoms with Gasteiger partial charge in [-0.15, -0.1) is 11.3 Å². The highest BCUT2D eigenvalue weighted by molar-refractivity contribution is 9.11. The van der Waals surface area contributed by atoms with Crippen LogP contribution in [0.5, 0.6) is 5.75 Å². The molecule has 0 bridgehead atoms. The molecule has 1 aromatic carbocycles. The fraction of sp³-hybridized carbons (Fsp3) is 0.214. The Kier molecular flexibility index (Phi) is 4.24. The summed E-state index contributed by atoms with van der Waals surface area (Å²) in [6.45, 7) is 2.74. The van der Waals surface area contributed by atoms with Crippen molar-refractivity contribution in [3.63, 3.8) is 0 Å². The summed E-state index contributed by atoms with van der Waals surface area (Å²) in [6, 6.07) is 3.94.